The van der Waals surface area contributed by atoms with Gasteiger partial charge in [0.2, 0.25) is 0 Å². The maximum atomic E-state index is 11.3. The molecule has 0 spiro atoms. The molecule has 5 heteroatoms. The molecule has 2 heterocycles. The molecule has 0 radical (unpaired) electrons. The second-order valence-electron chi connectivity index (χ2n) is 2.66. The Hall–Kier alpha value is -1.88. The van der Waals surface area contributed by atoms with Crippen LogP contribution in [0.5, 0.6) is 5.06 Å². The van der Waals surface area contributed by atoms with Gasteiger partial charge in [0, 0.05) is 6.20 Å². The summed E-state index contributed by atoms with van der Waals surface area (Å²) < 4.78 is 4.99. The Morgan fingerprint density at radius 3 is 2.93 bits per heavy atom. The van der Waals surface area contributed by atoms with E-state index in [-0.39, 0.29) is 0 Å². The van der Waals surface area contributed by atoms with Gasteiger partial charge in [-0.15, -0.1) is 11.3 Å². The van der Waals surface area contributed by atoms with Crippen LogP contribution in [0.2, 0.25) is 0 Å². The molecule has 76 valence electrons. The highest BCUT2D eigenvalue weighted by Crippen LogP contribution is 2.18. The fourth-order valence-electron chi connectivity index (χ4n) is 0.980. The minimum atomic E-state index is -0.531. The Labute approximate surface area is 90.5 Å². The molecule has 0 unspecified atom stereocenters. The van der Waals surface area contributed by atoms with Crippen LogP contribution in [0.1, 0.15) is 0 Å². The van der Waals surface area contributed by atoms with E-state index in [9.17, 15) is 4.79 Å². The predicted molar refractivity (Wildman–Crippen MR) is 58.2 cm³/mol. The number of aromatic nitrogens is 1. The van der Waals surface area contributed by atoms with Gasteiger partial charge in [-0.2, -0.15) is 0 Å². The van der Waals surface area contributed by atoms with Crippen LogP contribution in [0.15, 0.2) is 41.9 Å². The zero-order valence-corrected chi connectivity index (χ0v) is 8.53. The molecule has 0 aromatic carbocycles. The largest absolute Gasteiger partial charge is 0.419 e. The molecule has 0 aliphatic carbocycles. The first-order valence-electron chi connectivity index (χ1n) is 4.28. The molecule has 2 aromatic rings. The molecule has 0 bridgehead atoms. The Kier molecular flexibility index (Phi) is 2.94. The Morgan fingerprint density at radius 2 is 2.27 bits per heavy atom. The summed E-state index contributed by atoms with van der Waals surface area (Å²) in [6.45, 7) is 0. The maximum Gasteiger partial charge on any atom is 0.419 e. The third-order valence-corrected chi connectivity index (χ3v) is 2.33. The van der Waals surface area contributed by atoms with Gasteiger partial charge in [-0.05, 0) is 29.6 Å². The molecule has 1 N–H and O–H groups in total. The van der Waals surface area contributed by atoms with E-state index in [0.717, 1.165) is 0 Å². The molecule has 0 aliphatic rings. The number of ether oxygens (including phenoxy) is 1. The fraction of sp³-hybridized carbons (Fsp3) is 0. The van der Waals surface area contributed by atoms with Crippen molar-refractivity contribution in [1.82, 2.24) is 4.98 Å². The summed E-state index contributed by atoms with van der Waals surface area (Å²) in [7, 11) is 0. The normalized spacial score (nSPS) is 9.60. The second kappa shape index (κ2) is 4.56. The zero-order valence-electron chi connectivity index (χ0n) is 7.71. The Bertz CT molecular complexity index is 428. The van der Waals surface area contributed by atoms with Crippen LogP contribution < -0.4 is 10.1 Å². The molecule has 0 saturated heterocycles. The van der Waals surface area contributed by atoms with E-state index in [4.69, 9.17) is 4.74 Å². The minimum Gasteiger partial charge on any atom is -0.399 e. The van der Waals surface area contributed by atoms with Crippen molar-refractivity contribution < 1.29 is 9.53 Å². The predicted octanol–water partition coefficient (Wildman–Crippen LogP) is 2.75. The van der Waals surface area contributed by atoms with E-state index in [1.54, 1.807) is 30.5 Å². The van der Waals surface area contributed by atoms with E-state index in [1.807, 2.05) is 11.4 Å². The van der Waals surface area contributed by atoms with Crippen molar-refractivity contribution in [3.8, 4) is 5.06 Å². The fourth-order valence-corrected chi connectivity index (χ4v) is 1.55. The van der Waals surface area contributed by atoms with Crippen molar-refractivity contribution in [3.05, 3.63) is 41.9 Å². The summed E-state index contributed by atoms with van der Waals surface area (Å²) >= 11 is 1.36. The van der Waals surface area contributed by atoms with Crippen molar-refractivity contribution in [3.63, 3.8) is 0 Å². The maximum absolute atomic E-state index is 11.3. The van der Waals surface area contributed by atoms with Crippen LogP contribution in [0, 0.1) is 0 Å². The summed E-state index contributed by atoms with van der Waals surface area (Å²) in [6.07, 6.45) is 1.07. The molecule has 1 amide bonds. The summed E-state index contributed by atoms with van der Waals surface area (Å²) in [5.74, 6) is 0.471. The lowest BCUT2D eigenvalue weighted by atomic mass is 10.5. The lowest BCUT2D eigenvalue weighted by molar-refractivity contribution is 0.216. The Balaban J connectivity index is 1.94. The summed E-state index contributed by atoms with van der Waals surface area (Å²) in [4.78, 5) is 15.3. The van der Waals surface area contributed by atoms with Gasteiger partial charge in [0.05, 0.1) is 0 Å². The molecule has 0 atom stereocenters. The van der Waals surface area contributed by atoms with Gasteiger partial charge in [0.1, 0.15) is 5.82 Å². The van der Waals surface area contributed by atoms with E-state index >= 15 is 0 Å². The standard InChI is InChI=1S/C10H8N2O2S/c13-10(14-9-5-3-7-15-9)12-8-4-1-2-6-11-8/h1-7H,(H,11,12,13). The number of carbonyl (C=O) groups is 1. The van der Waals surface area contributed by atoms with Crippen LogP contribution in [-0.4, -0.2) is 11.1 Å². The smallest absolute Gasteiger partial charge is 0.399 e. The van der Waals surface area contributed by atoms with Crippen molar-refractivity contribution >= 4 is 23.2 Å². The first-order valence-corrected chi connectivity index (χ1v) is 5.16. The SMILES string of the molecule is O=C(Nc1ccccn1)Oc1cccs1. The van der Waals surface area contributed by atoms with E-state index < -0.39 is 6.09 Å². The highest BCUT2D eigenvalue weighted by molar-refractivity contribution is 7.11. The Morgan fingerprint density at radius 1 is 1.33 bits per heavy atom. The quantitative estimate of drug-likeness (QED) is 0.846. The second-order valence-corrected chi connectivity index (χ2v) is 3.57. The summed E-state index contributed by atoms with van der Waals surface area (Å²) in [5, 5.41) is 4.91. The van der Waals surface area contributed by atoms with Crippen LogP contribution in [0.25, 0.3) is 0 Å². The average molecular weight is 220 g/mol. The number of carbonyl (C=O) groups excluding carboxylic acids is 1. The first-order chi connectivity index (χ1) is 7.34. The van der Waals surface area contributed by atoms with E-state index in [0.29, 0.717) is 10.9 Å². The molecule has 2 rings (SSSR count). The number of rotatable bonds is 2. The summed E-state index contributed by atoms with van der Waals surface area (Å²) in [6, 6.07) is 8.79. The molecule has 4 nitrogen and oxygen atoms in total. The van der Waals surface area contributed by atoms with E-state index in [1.165, 1.54) is 11.3 Å². The van der Waals surface area contributed by atoms with Crippen LogP contribution >= 0.6 is 11.3 Å². The van der Waals surface area contributed by atoms with Crippen molar-refractivity contribution in [1.29, 1.82) is 0 Å². The lowest BCUT2D eigenvalue weighted by Crippen LogP contribution is -2.16. The number of hydrogen-bond acceptors (Lipinski definition) is 4. The molecule has 0 fully saturated rings. The number of amides is 1. The molecule has 2 aromatic heterocycles. The third kappa shape index (κ3) is 2.78. The number of nitrogens with zero attached hydrogens (tertiary/aromatic N) is 1. The molecule has 15 heavy (non-hydrogen) atoms. The van der Waals surface area contributed by atoms with Crippen molar-refractivity contribution in [2.75, 3.05) is 5.32 Å². The van der Waals surface area contributed by atoms with Gasteiger partial charge in [-0.3, -0.25) is 5.32 Å². The number of nitrogens with one attached hydrogen (secondary N) is 1. The highest BCUT2D eigenvalue weighted by atomic mass is 32.1. The monoisotopic (exact) mass is 220 g/mol. The van der Waals surface area contributed by atoms with Gasteiger partial charge < -0.3 is 4.74 Å². The van der Waals surface area contributed by atoms with Gasteiger partial charge in [-0.25, -0.2) is 9.78 Å². The van der Waals surface area contributed by atoms with Crippen LogP contribution in [0.4, 0.5) is 10.6 Å². The lowest BCUT2D eigenvalue weighted by Gasteiger charge is -2.02. The highest BCUT2D eigenvalue weighted by Gasteiger charge is 2.05. The number of thiophene rings is 1. The first kappa shape index (κ1) is 9.67. The summed E-state index contributed by atoms with van der Waals surface area (Å²) in [5.41, 5.74) is 0. The van der Waals surface area contributed by atoms with Crippen molar-refractivity contribution in [2.24, 2.45) is 0 Å². The number of hydrogen-bond donors (Lipinski definition) is 1. The number of pyridine rings is 1. The van der Waals surface area contributed by atoms with Gasteiger partial charge >= 0.3 is 6.09 Å². The van der Waals surface area contributed by atoms with Gasteiger partial charge in [0.15, 0.2) is 5.06 Å². The molecular weight excluding hydrogens is 212 g/mol. The average Bonchev–Trinajstić information content (AvgIpc) is 2.71. The minimum absolute atomic E-state index is 0.471. The molecule has 0 aliphatic heterocycles. The van der Waals surface area contributed by atoms with Crippen molar-refractivity contribution in [2.45, 2.75) is 0 Å². The van der Waals surface area contributed by atoms with E-state index in [2.05, 4.69) is 10.3 Å². The number of anilines is 1. The van der Waals surface area contributed by atoms with Gasteiger partial charge in [0.25, 0.3) is 0 Å². The molecule has 0 saturated carbocycles. The molecular formula is C10H8N2O2S. The van der Waals surface area contributed by atoms with Crippen LogP contribution in [-0.2, 0) is 0 Å². The topological polar surface area (TPSA) is 51.2 Å². The third-order valence-electron chi connectivity index (χ3n) is 1.58. The van der Waals surface area contributed by atoms with Gasteiger partial charge in [-0.1, -0.05) is 6.07 Å². The zero-order chi connectivity index (χ0) is 10.5. The van der Waals surface area contributed by atoms with Crippen LogP contribution in [0.3, 0.4) is 0 Å².